The first kappa shape index (κ1) is 20.7. The highest BCUT2D eigenvalue weighted by atomic mass is 127. The predicted molar refractivity (Wildman–Crippen MR) is 119 cm³/mol. The molecule has 2 N–H and O–H groups in total. The number of rotatable bonds is 4. The van der Waals surface area contributed by atoms with Gasteiger partial charge in [0.1, 0.15) is 5.60 Å². The molecule has 1 heterocycles. The van der Waals surface area contributed by atoms with Crippen LogP contribution in [-0.2, 0) is 18.6 Å². The summed E-state index contributed by atoms with van der Waals surface area (Å²) in [6.45, 7) is 1.38. The first-order valence-electron chi connectivity index (χ1n) is 9.20. The topological polar surface area (TPSA) is 66.3 Å². The molecular weight excluding hydrogens is 469 g/mol. The second-order valence-electron chi connectivity index (χ2n) is 7.13. The second-order valence-corrected chi connectivity index (χ2v) is 7.13. The van der Waals surface area contributed by atoms with Crippen LogP contribution in [-0.4, -0.2) is 43.4 Å². The molecule has 0 fully saturated rings. The maximum absolute atomic E-state index is 11.1. The molecule has 0 amide bonds. The third kappa shape index (κ3) is 4.05. The molecule has 2 aliphatic rings. The number of ether oxygens (including phenoxy) is 2. The molecule has 1 atom stereocenters. The van der Waals surface area contributed by atoms with Crippen LogP contribution in [0.15, 0.2) is 47.5 Å². The largest absolute Gasteiger partial charge is 0.454 e. The van der Waals surface area contributed by atoms with Crippen LogP contribution in [0.3, 0.4) is 0 Å². The number of halogens is 1. The molecule has 6 nitrogen and oxygen atoms in total. The Kier molecular flexibility index (Phi) is 6.34. The summed E-state index contributed by atoms with van der Waals surface area (Å²) < 4.78 is 10.8. The molecule has 0 radical (unpaired) electrons. The fourth-order valence-corrected chi connectivity index (χ4v) is 3.85. The minimum absolute atomic E-state index is 0. The molecule has 28 heavy (non-hydrogen) atoms. The molecule has 0 spiro atoms. The number of nitrogens with zero attached hydrogens (tertiary/aromatic N) is 2. The Morgan fingerprint density at radius 3 is 2.82 bits per heavy atom. The van der Waals surface area contributed by atoms with Gasteiger partial charge in [0.05, 0.1) is 6.54 Å². The Bertz CT molecular complexity index is 874. The van der Waals surface area contributed by atoms with Crippen molar-refractivity contribution in [2.24, 2.45) is 4.99 Å². The fraction of sp³-hybridized carbons (Fsp3) is 0.381. The normalized spacial score (nSPS) is 19.8. The third-order valence-corrected chi connectivity index (χ3v) is 5.30. The average Bonchev–Trinajstić information content (AvgIpc) is 3.27. The number of aryl methyl sites for hydroxylation is 1. The van der Waals surface area contributed by atoms with Gasteiger partial charge in [-0.15, -0.1) is 24.0 Å². The fourth-order valence-electron chi connectivity index (χ4n) is 3.85. The van der Waals surface area contributed by atoms with Gasteiger partial charge < -0.3 is 24.8 Å². The number of hydrogen-bond donors (Lipinski definition) is 2. The summed E-state index contributed by atoms with van der Waals surface area (Å²) in [5.74, 6) is 2.30. The van der Waals surface area contributed by atoms with Crippen molar-refractivity contribution in [1.82, 2.24) is 10.2 Å². The zero-order valence-electron chi connectivity index (χ0n) is 16.1. The number of aliphatic imine (C=N–C) groups is 1. The lowest BCUT2D eigenvalue weighted by Gasteiger charge is -2.28. The van der Waals surface area contributed by atoms with Crippen LogP contribution in [0, 0.1) is 0 Å². The van der Waals surface area contributed by atoms with Gasteiger partial charge in [-0.25, -0.2) is 0 Å². The smallest absolute Gasteiger partial charge is 0.231 e. The quantitative estimate of drug-likeness (QED) is 0.388. The Morgan fingerprint density at radius 1 is 1.21 bits per heavy atom. The molecule has 1 aliphatic heterocycles. The maximum Gasteiger partial charge on any atom is 0.231 e. The molecule has 0 bridgehead atoms. The Hall–Kier alpha value is -2.00. The lowest BCUT2D eigenvalue weighted by Crippen LogP contribution is -2.45. The zero-order chi connectivity index (χ0) is 18.9. The van der Waals surface area contributed by atoms with Crippen molar-refractivity contribution < 1.29 is 14.6 Å². The van der Waals surface area contributed by atoms with Gasteiger partial charge in [0.25, 0.3) is 0 Å². The van der Waals surface area contributed by atoms with Gasteiger partial charge in [-0.1, -0.05) is 30.3 Å². The number of aliphatic hydroxyl groups is 1. The molecule has 2 aromatic rings. The molecule has 1 aliphatic carbocycles. The van der Waals surface area contributed by atoms with Crippen molar-refractivity contribution >= 4 is 29.9 Å². The van der Waals surface area contributed by atoms with Gasteiger partial charge in [-0.3, -0.25) is 4.99 Å². The standard InChI is InChI=1S/C21H25N3O3.HI/c1-22-20(23-13-21(25)10-9-16-5-3-4-6-17(16)21)24(2)12-15-7-8-18-19(11-15)27-14-26-18;/h3-8,11,25H,9-10,12-14H2,1-2H3,(H,22,23);1H. The minimum Gasteiger partial charge on any atom is -0.454 e. The first-order valence-corrected chi connectivity index (χ1v) is 9.20. The van der Waals surface area contributed by atoms with E-state index < -0.39 is 5.60 Å². The summed E-state index contributed by atoms with van der Waals surface area (Å²) in [5, 5.41) is 14.4. The van der Waals surface area contributed by atoms with Gasteiger partial charge in [-0.05, 0) is 41.7 Å². The summed E-state index contributed by atoms with van der Waals surface area (Å²) in [7, 11) is 3.73. The summed E-state index contributed by atoms with van der Waals surface area (Å²) in [6.07, 6.45) is 1.63. The Morgan fingerprint density at radius 2 is 2.00 bits per heavy atom. The zero-order valence-corrected chi connectivity index (χ0v) is 18.5. The third-order valence-electron chi connectivity index (χ3n) is 5.30. The lowest BCUT2D eigenvalue weighted by molar-refractivity contribution is 0.0427. The molecule has 0 aromatic heterocycles. The summed E-state index contributed by atoms with van der Waals surface area (Å²) >= 11 is 0. The number of nitrogens with one attached hydrogen (secondary N) is 1. The van der Waals surface area contributed by atoms with Crippen LogP contribution in [0.4, 0.5) is 0 Å². The van der Waals surface area contributed by atoms with Crippen LogP contribution in [0.5, 0.6) is 11.5 Å². The summed E-state index contributed by atoms with van der Waals surface area (Å²) in [6, 6.07) is 14.1. The van der Waals surface area contributed by atoms with E-state index in [0.29, 0.717) is 13.1 Å². The van der Waals surface area contributed by atoms with Crippen molar-refractivity contribution in [2.75, 3.05) is 27.4 Å². The van der Waals surface area contributed by atoms with E-state index in [2.05, 4.69) is 16.4 Å². The Labute approximate surface area is 182 Å². The van der Waals surface area contributed by atoms with Gasteiger partial charge in [0, 0.05) is 20.6 Å². The van der Waals surface area contributed by atoms with Gasteiger partial charge >= 0.3 is 0 Å². The van der Waals surface area contributed by atoms with E-state index in [1.165, 1.54) is 5.56 Å². The van der Waals surface area contributed by atoms with Crippen LogP contribution < -0.4 is 14.8 Å². The highest BCUT2D eigenvalue weighted by Gasteiger charge is 2.36. The highest BCUT2D eigenvalue weighted by Crippen LogP contribution is 2.36. The van der Waals surface area contributed by atoms with E-state index in [0.717, 1.165) is 41.4 Å². The van der Waals surface area contributed by atoms with Gasteiger partial charge in [0.2, 0.25) is 6.79 Å². The van der Waals surface area contributed by atoms with E-state index >= 15 is 0 Å². The van der Waals surface area contributed by atoms with Gasteiger partial charge in [-0.2, -0.15) is 0 Å². The molecule has 1 unspecified atom stereocenters. The second kappa shape index (κ2) is 8.57. The van der Waals surface area contributed by atoms with Crippen LogP contribution in [0.25, 0.3) is 0 Å². The first-order chi connectivity index (χ1) is 13.1. The summed E-state index contributed by atoms with van der Waals surface area (Å²) in [4.78, 5) is 6.40. The van der Waals surface area contributed by atoms with E-state index in [-0.39, 0.29) is 30.8 Å². The molecular formula is C21H26IN3O3. The highest BCUT2D eigenvalue weighted by molar-refractivity contribution is 14.0. The molecule has 0 saturated carbocycles. The number of hydrogen-bond acceptors (Lipinski definition) is 4. The van der Waals surface area contributed by atoms with E-state index in [4.69, 9.17) is 9.47 Å². The minimum atomic E-state index is -0.855. The maximum atomic E-state index is 11.1. The van der Waals surface area contributed by atoms with E-state index in [1.807, 2.05) is 48.3 Å². The van der Waals surface area contributed by atoms with Crippen LogP contribution in [0.1, 0.15) is 23.1 Å². The SMILES string of the molecule is CN=C(NCC1(O)CCc2ccccc21)N(C)Cc1ccc2c(c1)OCO2.I. The molecule has 4 rings (SSSR count). The lowest BCUT2D eigenvalue weighted by atomic mass is 9.96. The van der Waals surface area contributed by atoms with E-state index in [1.54, 1.807) is 7.05 Å². The molecule has 7 heteroatoms. The number of guanidine groups is 1. The predicted octanol–water partition coefficient (Wildman–Crippen LogP) is 2.87. The monoisotopic (exact) mass is 495 g/mol. The number of fused-ring (bicyclic) bond motifs is 2. The van der Waals surface area contributed by atoms with Crippen molar-refractivity contribution in [3.05, 3.63) is 59.2 Å². The van der Waals surface area contributed by atoms with Crippen molar-refractivity contribution in [3.63, 3.8) is 0 Å². The Balaban J connectivity index is 0.00000225. The van der Waals surface area contributed by atoms with Crippen LogP contribution >= 0.6 is 24.0 Å². The van der Waals surface area contributed by atoms with Crippen LogP contribution in [0.2, 0.25) is 0 Å². The van der Waals surface area contributed by atoms with Crippen molar-refractivity contribution in [3.8, 4) is 11.5 Å². The average molecular weight is 495 g/mol. The van der Waals surface area contributed by atoms with Crippen molar-refractivity contribution in [1.29, 1.82) is 0 Å². The number of benzene rings is 2. The molecule has 0 saturated heterocycles. The van der Waals surface area contributed by atoms with Crippen molar-refractivity contribution in [2.45, 2.75) is 25.0 Å². The van der Waals surface area contributed by atoms with E-state index in [9.17, 15) is 5.11 Å². The van der Waals surface area contributed by atoms with Gasteiger partial charge in [0.15, 0.2) is 17.5 Å². The summed E-state index contributed by atoms with van der Waals surface area (Å²) in [5.41, 5.74) is 2.50. The molecule has 2 aromatic carbocycles. The molecule has 150 valence electrons.